The molecule has 1 aliphatic rings. The molecule has 5 heterocycles. The Kier molecular flexibility index (Phi) is 7.11. The maximum absolute atomic E-state index is 6.11. The van der Waals surface area contributed by atoms with Crippen molar-refractivity contribution in [3.05, 3.63) is 182 Å². The molecule has 4 aromatic heterocycles. The Morgan fingerprint density at radius 2 is 1.13 bits per heavy atom. The quantitative estimate of drug-likeness (QED) is 0.173. The van der Waals surface area contributed by atoms with Crippen molar-refractivity contribution in [3.8, 4) is 57.0 Å². The van der Waals surface area contributed by atoms with E-state index >= 15 is 0 Å². The van der Waals surface area contributed by atoms with Crippen molar-refractivity contribution >= 4 is 66.5 Å². The Morgan fingerprint density at radius 3 is 2.02 bits per heavy atom. The Labute approximate surface area is 347 Å². The second-order valence-electron chi connectivity index (χ2n) is 15.0. The molecule has 12 aromatic rings. The summed E-state index contributed by atoms with van der Waals surface area (Å²) < 4.78 is 11.0. The number of oxazole rings is 1. The molecule has 0 fully saturated rings. The van der Waals surface area contributed by atoms with Crippen molar-refractivity contribution in [2.75, 3.05) is 0 Å². The van der Waals surface area contributed by atoms with Gasteiger partial charge in [0.15, 0.2) is 23.1 Å². The van der Waals surface area contributed by atoms with Crippen LogP contribution < -0.4 is 0 Å². The third kappa shape index (κ3) is 4.91. The fourth-order valence-electron chi connectivity index (χ4n) is 8.94. The molecule has 0 saturated heterocycles. The Balaban J connectivity index is 1.04. The van der Waals surface area contributed by atoms with Gasteiger partial charge < -0.3 is 4.42 Å². The zero-order valence-corrected chi connectivity index (χ0v) is 32.6. The first-order chi connectivity index (χ1) is 29.7. The normalized spacial score (nSPS) is 12.3. The van der Waals surface area contributed by atoms with E-state index in [4.69, 9.17) is 24.4 Å². The molecule has 0 radical (unpaired) electrons. The van der Waals surface area contributed by atoms with Gasteiger partial charge >= 0.3 is 0 Å². The third-order valence-electron chi connectivity index (χ3n) is 11.6. The highest BCUT2D eigenvalue weighted by Crippen LogP contribution is 2.51. The van der Waals surface area contributed by atoms with Crippen molar-refractivity contribution < 1.29 is 4.42 Å². The molecule has 8 heteroatoms. The molecule has 0 amide bonds. The van der Waals surface area contributed by atoms with Crippen LogP contribution in [0.5, 0.6) is 0 Å². The molecule has 8 aromatic carbocycles. The molecule has 0 aliphatic carbocycles. The Hall–Kier alpha value is -7.81. The van der Waals surface area contributed by atoms with Gasteiger partial charge in [-0.25, -0.2) is 19.9 Å². The first-order valence-corrected chi connectivity index (χ1v) is 20.7. The average molecular weight is 787 g/mol. The molecule has 0 N–H and O–H groups in total. The number of fused-ring (bicyclic) bond motifs is 9. The van der Waals surface area contributed by atoms with Gasteiger partial charge in [-0.1, -0.05) is 133 Å². The van der Waals surface area contributed by atoms with Gasteiger partial charge in [-0.3, -0.25) is 9.13 Å². The molecule has 0 unspecified atom stereocenters. The number of hydrogen-bond donors (Lipinski definition) is 0. The number of benzene rings is 8. The predicted octanol–water partition coefficient (Wildman–Crippen LogP) is 13.3. The summed E-state index contributed by atoms with van der Waals surface area (Å²) in [5, 5.41) is 5.91. The summed E-state index contributed by atoms with van der Waals surface area (Å²) in [7, 11) is 0. The monoisotopic (exact) mass is 786 g/mol. The zero-order chi connectivity index (χ0) is 39.3. The van der Waals surface area contributed by atoms with Gasteiger partial charge in [-0.2, -0.15) is 0 Å². The van der Waals surface area contributed by atoms with Gasteiger partial charge in [0.2, 0.25) is 5.89 Å². The summed E-state index contributed by atoms with van der Waals surface area (Å²) in [5.41, 5.74) is 10.9. The van der Waals surface area contributed by atoms with E-state index in [1.165, 1.54) is 32.1 Å². The molecule has 0 bridgehead atoms. The van der Waals surface area contributed by atoms with Crippen LogP contribution in [0.2, 0.25) is 0 Å². The van der Waals surface area contributed by atoms with E-state index in [0.29, 0.717) is 23.4 Å². The standard InChI is InChI=1S/C52H30N6OS/c1-2-15-34(16-3-1)57-41-23-8-6-18-37(41)45-38-20-12-26-44-46(38)58(52(45)57)42-24-11-21-39(47(42)60-44)50-55-48(54-49(56-50)36-19-10-14-31-13-4-5-17-35(31)36)32-27-29-33(30-28-32)51-53-40-22-7-9-25-43(40)59-51/h1-30H. The maximum Gasteiger partial charge on any atom is 0.227 e. The first-order valence-electron chi connectivity index (χ1n) is 19.9. The van der Waals surface area contributed by atoms with Crippen LogP contribution in [0, 0.1) is 0 Å². The van der Waals surface area contributed by atoms with Crippen LogP contribution in [-0.2, 0) is 0 Å². The third-order valence-corrected chi connectivity index (χ3v) is 12.8. The number of para-hydroxylation sites is 5. The molecule has 0 atom stereocenters. The lowest BCUT2D eigenvalue weighted by Gasteiger charge is -2.23. The van der Waals surface area contributed by atoms with Crippen LogP contribution in [-0.4, -0.2) is 29.1 Å². The highest BCUT2D eigenvalue weighted by atomic mass is 32.2. The van der Waals surface area contributed by atoms with E-state index in [1.807, 2.05) is 48.5 Å². The predicted molar refractivity (Wildman–Crippen MR) is 242 cm³/mol. The molecule has 280 valence electrons. The lowest BCUT2D eigenvalue weighted by Crippen LogP contribution is -2.07. The van der Waals surface area contributed by atoms with Gasteiger partial charge in [0.1, 0.15) is 11.2 Å². The fourth-order valence-corrected chi connectivity index (χ4v) is 10.1. The van der Waals surface area contributed by atoms with Gasteiger partial charge in [0.25, 0.3) is 0 Å². The lowest BCUT2D eigenvalue weighted by molar-refractivity contribution is 0.620. The van der Waals surface area contributed by atoms with Crippen LogP contribution >= 0.6 is 11.8 Å². The van der Waals surface area contributed by atoms with Gasteiger partial charge in [-0.15, -0.1) is 0 Å². The average Bonchev–Trinajstić information content (AvgIpc) is 4.00. The molecule has 13 rings (SSSR count). The second kappa shape index (κ2) is 12.8. The number of nitrogens with zero attached hydrogens (tertiary/aromatic N) is 6. The van der Waals surface area contributed by atoms with Crippen LogP contribution in [0.15, 0.2) is 196 Å². The Morgan fingerprint density at radius 1 is 0.467 bits per heavy atom. The summed E-state index contributed by atoms with van der Waals surface area (Å²) in [6.07, 6.45) is 0. The van der Waals surface area contributed by atoms with E-state index in [-0.39, 0.29) is 0 Å². The van der Waals surface area contributed by atoms with Crippen molar-refractivity contribution in [3.63, 3.8) is 0 Å². The maximum atomic E-state index is 6.11. The number of aromatic nitrogens is 6. The van der Waals surface area contributed by atoms with Crippen LogP contribution in [0.4, 0.5) is 0 Å². The van der Waals surface area contributed by atoms with E-state index in [2.05, 4.69) is 143 Å². The van der Waals surface area contributed by atoms with Gasteiger partial charge in [-0.05, 0) is 71.4 Å². The first kappa shape index (κ1) is 33.2. The largest absolute Gasteiger partial charge is 0.436 e. The number of hydrogen-bond acceptors (Lipinski definition) is 6. The van der Waals surface area contributed by atoms with Crippen LogP contribution in [0.3, 0.4) is 0 Å². The summed E-state index contributed by atoms with van der Waals surface area (Å²) in [6.45, 7) is 0. The molecule has 1 aliphatic heterocycles. The van der Waals surface area contributed by atoms with E-state index in [9.17, 15) is 0 Å². The highest BCUT2D eigenvalue weighted by Gasteiger charge is 2.30. The number of rotatable bonds is 5. The van der Waals surface area contributed by atoms with Crippen molar-refractivity contribution in [1.29, 1.82) is 0 Å². The molecule has 7 nitrogen and oxygen atoms in total. The van der Waals surface area contributed by atoms with Gasteiger partial charge in [0.05, 0.1) is 16.7 Å². The van der Waals surface area contributed by atoms with Crippen molar-refractivity contribution in [1.82, 2.24) is 29.1 Å². The Bertz CT molecular complexity index is 3660. The summed E-state index contributed by atoms with van der Waals surface area (Å²) >= 11 is 1.78. The minimum atomic E-state index is 0.572. The molecular weight excluding hydrogens is 757 g/mol. The summed E-state index contributed by atoms with van der Waals surface area (Å²) in [5.74, 6) is 2.38. The molecular formula is C52H30N6OS. The van der Waals surface area contributed by atoms with E-state index < -0.39 is 0 Å². The fraction of sp³-hybridized carbons (Fsp3) is 0. The topological polar surface area (TPSA) is 74.6 Å². The smallest absolute Gasteiger partial charge is 0.227 e. The SMILES string of the molecule is c1ccc(-n2c3ccccc3c3c4cccc5c4n(c32)-c2cccc(-c3nc(-c4ccc(-c6nc7ccccc7o6)cc4)nc(-c4cccc6ccccc46)n3)c2S5)cc1. The van der Waals surface area contributed by atoms with Crippen LogP contribution in [0.25, 0.3) is 112 Å². The zero-order valence-electron chi connectivity index (χ0n) is 31.8. The lowest BCUT2D eigenvalue weighted by atomic mass is 10.0. The van der Waals surface area contributed by atoms with E-state index in [1.54, 1.807) is 11.8 Å². The minimum Gasteiger partial charge on any atom is -0.436 e. The molecule has 60 heavy (non-hydrogen) atoms. The molecule has 0 spiro atoms. The molecule has 0 saturated carbocycles. The highest BCUT2D eigenvalue weighted by molar-refractivity contribution is 8.00. The second-order valence-corrected chi connectivity index (χ2v) is 16.1. The van der Waals surface area contributed by atoms with Gasteiger partial charge in [0, 0.05) is 53.9 Å². The van der Waals surface area contributed by atoms with Crippen molar-refractivity contribution in [2.24, 2.45) is 0 Å². The van der Waals surface area contributed by atoms with Crippen molar-refractivity contribution in [2.45, 2.75) is 9.79 Å². The van der Waals surface area contributed by atoms with Crippen LogP contribution in [0.1, 0.15) is 0 Å². The van der Waals surface area contributed by atoms with E-state index in [0.717, 1.165) is 66.0 Å². The summed E-state index contributed by atoms with van der Waals surface area (Å²) in [6, 6.07) is 63.2. The minimum absolute atomic E-state index is 0.572. The summed E-state index contributed by atoms with van der Waals surface area (Å²) in [4.78, 5) is 22.8.